The molecular formula is C28H32N2O5. The number of hydrogen-bond donors (Lipinski definition) is 3. The van der Waals surface area contributed by atoms with Crippen LogP contribution in [0.15, 0.2) is 61.2 Å². The van der Waals surface area contributed by atoms with E-state index in [9.17, 15) is 19.5 Å². The Morgan fingerprint density at radius 3 is 2.34 bits per heavy atom. The van der Waals surface area contributed by atoms with Crippen LogP contribution in [0, 0.1) is 11.8 Å². The third kappa shape index (κ3) is 5.73. The maximum Gasteiger partial charge on any atom is 0.407 e. The number of fused-ring (bicyclic) bond motifs is 3. The maximum absolute atomic E-state index is 12.8. The molecule has 0 bridgehead atoms. The number of carboxylic acids is 1. The molecule has 2 amide bonds. The molecule has 4 rings (SSSR count). The van der Waals surface area contributed by atoms with Crippen LogP contribution in [0.25, 0.3) is 11.1 Å². The summed E-state index contributed by atoms with van der Waals surface area (Å²) in [4.78, 5) is 36.7. The Bertz CT molecular complexity index is 1050. The van der Waals surface area contributed by atoms with E-state index in [4.69, 9.17) is 4.74 Å². The van der Waals surface area contributed by atoms with Gasteiger partial charge in [-0.15, -0.1) is 6.58 Å². The molecule has 7 nitrogen and oxygen atoms in total. The van der Waals surface area contributed by atoms with E-state index >= 15 is 0 Å². The minimum absolute atomic E-state index is 0.0617. The van der Waals surface area contributed by atoms with E-state index in [1.807, 2.05) is 24.3 Å². The monoisotopic (exact) mass is 476 g/mol. The SMILES string of the molecule is C=CCC(NC(=O)OCC1c2ccccc2-c2ccccc21)C(=O)NCC1CCCC(C(=O)O)C1. The average Bonchev–Trinajstić information content (AvgIpc) is 3.19. The molecule has 3 atom stereocenters. The topological polar surface area (TPSA) is 105 Å². The molecule has 0 spiro atoms. The quantitative estimate of drug-likeness (QED) is 0.463. The molecule has 2 aliphatic rings. The highest BCUT2D eigenvalue weighted by atomic mass is 16.5. The molecule has 1 saturated carbocycles. The van der Waals surface area contributed by atoms with Crippen molar-refractivity contribution in [2.24, 2.45) is 11.8 Å². The number of carbonyl (C=O) groups is 3. The van der Waals surface area contributed by atoms with E-state index in [0.29, 0.717) is 19.4 Å². The molecule has 3 unspecified atom stereocenters. The highest BCUT2D eigenvalue weighted by molar-refractivity contribution is 5.86. The lowest BCUT2D eigenvalue weighted by atomic mass is 9.81. The van der Waals surface area contributed by atoms with Crippen LogP contribution in [0.1, 0.15) is 49.1 Å². The fraction of sp³-hybridized carbons (Fsp3) is 0.393. The normalized spacial score (nSPS) is 19.7. The Morgan fingerprint density at radius 1 is 1.06 bits per heavy atom. The van der Waals surface area contributed by atoms with Crippen molar-refractivity contribution in [3.63, 3.8) is 0 Å². The summed E-state index contributed by atoms with van der Waals surface area (Å²) in [5.74, 6) is -1.40. The van der Waals surface area contributed by atoms with Crippen LogP contribution in [0.2, 0.25) is 0 Å². The molecule has 0 saturated heterocycles. The van der Waals surface area contributed by atoms with Gasteiger partial charge in [-0.25, -0.2) is 4.79 Å². The van der Waals surface area contributed by atoms with Gasteiger partial charge < -0.3 is 20.5 Å². The van der Waals surface area contributed by atoms with Gasteiger partial charge in [0.15, 0.2) is 0 Å². The molecule has 2 aliphatic carbocycles. The molecule has 2 aromatic rings. The zero-order valence-electron chi connectivity index (χ0n) is 19.7. The minimum atomic E-state index is -0.804. The van der Waals surface area contributed by atoms with E-state index in [0.717, 1.165) is 35.1 Å². The Morgan fingerprint density at radius 2 is 1.71 bits per heavy atom. The Balaban J connectivity index is 1.32. The highest BCUT2D eigenvalue weighted by Crippen LogP contribution is 2.44. The number of nitrogens with one attached hydrogen (secondary N) is 2. The minimum Gasteiger partial charge on any atom is -0.481 e. The number of benzene rings is 2. The summed E-state index contributed by atoms with van der Waals surface area (Å²) in [6.07, 6.45) is 4.15. The number of alkyl carbamates (subject to hydrolysis) is 1. The molecule has 2 aromatic carbocycles. The van der Waals surface area contributed by atoms with Crippen LogP contribution in [-0.2, 0) is 14.3 Å². The molecule has 0 heterocycles. The van der Waals surface area contributed by atoms with Gasteiger partial charge in [0, 0.05) is 12.5 Å². The summed E-state index contributed by atoms with van der Waals surface area (Å²) in [7, 11) is 0. The van der Waals surface area contributed by atoms with Crippen LogP contribution in [0.4, 0.5) is 4.79 Å². The largest absolute Gasteiger partial charge is 0.481 e. The van der Waals surface area contributed by atoms with Crippen LogP contribution in [-0.4, -0.2) is 42.3 Å². The summed E-state index contributed by atoms with van der Waals surface area (Å²) in [6.45, 7) is 4.25. The predicted octanol–water partition coefficient (Wildman–Crippen LogP) is 4.48. The predicted molar refractivity (Wildman–Crippen MR) is 133 cm³/mol. The molecular weight excluding hydrogens is 444 g/mol. The number of ether oxygens (including phenoxy) is 1. The first kappa shape index (κ1) is 24.5. The van der Waals surface area contributed by atoms with Gasteiger partial charge >= 0.3 is 12.1 Å². The fourth-order valence-corrected chi connectivity index (χ4v) is 5.25. The number of hydrogen-bond acceptors (Lipinski definition) is 4. The van der Waals surface area contributed by atoms with Gasteiger partial charge in [-0.3, -0.25) is 9.59 Å². The third-order valence-corrected chi connectivity index (χ3v) is 7.05. The number of carbonyl (C=O) groups excluding carboxylic acids is 2. The molecule has 3 N–H and O–H groups in total. The van der Waals surface area contributed by atoms with Crippen LogP contribution in [0.3, 0.4) is 0 Å². The summed E-state index contributed by atoms with van der Waals surface area (Å²) in [6, 6.07) is 15.4. The standard InChI is InChI=1S/C28H32N2O5/c1-2-8-25(26(31)29-16-18-9-7-10-19(15-18)27(32)33)30-28(34)35-17-24-22-13-5-3-11-20(22)21-12-4-6-14-23(21)24/h2-6,11-14,18-19,24-25H,1,7-10,15-17H2,(H,29,31)(H,30,34)(H,32,33). The number of rotatable bonds is 9. The summed E-state index contributed by atoms with van der Waals surface area (Å²) in [5.41, 5.74) is 4.53. The Labute approximate surface area is 205 Å². The van der Waals surface area contributed by atoms with Crippen molar-refractivity contribution < 1.29 is 24.2 Å². The summed E-state index contributed by atoms with van der Waals surface area (Å²) in [5, 5.41) is 14.8. The first-order valence-corrected chi connectivity index (χ1v) is 12.2. The molecule has 1 fully saturated rings. The van der Waals surface area contributed by atoms with Gasteiger partial charge in [0.25, 0.3) is 0 Å². The molecule has 0 radical (unpaired) electrons. The van der Waals surface area contributed by atoms with E-state index in [1.165, 1.54) is 0 Å². The molecule has 7 heteroatoms. The van der Waals surface area contributed by atoms with Gasteiger partial charge in [0.2, 0.25) is 5.91 Å². The first-order chi connectivity index (χ1) is 17.0. The molecule has 0 aliphatic heterocycles. The smallest absolute Gasteiger partial charge is 0.407 e. The van der Waals surface area contributed by atoms with E-state index in [-0.39, 0.29) is 36.7 Å². The van der Waals surface area contributed by atoms with Crippen LogP contribution in [0.5, 0.6) is 0 Å². The lowest BCUT2D eigenvalue weighted by Gasteiger charge is -2.27. The molecule has 0 aromatic heterocycles. The fourth-order valence-electron chi connectivity index (χ4n) is 5.25. The summed E-state index contributed by atoms with van der Waals surface area (Å²) >= 11 is 0. The Hall–Kier alpha value is -3.61. The van der Waals surface area contributed by atoms with Crippen molar-refractivity contribution in [1.29, 1.82) is 0 Å². The zero-order valence-corrected chi connectivity index (χ0v) is 19.7. The number of amides is 2. The lowest BCUT2D eigenvalue weighted by Crippen LogP contribution is -2.48. The highest BCUT2D eigenvalue weighted by Gasteiger charge is 2.30. The van der Waals surface area contributed by atoms with Gasteiger partial charge in [-0.05, 0) is 53.9 Å². The van der Waals surface area contributed by atoms with E-state index in [1.54, 1.807) is 6.08 Å². The van der Waals surface area contributed by atoms with Gasteiger partial charge in [0.1, 0.15) is 12.6 Å². The van der Waals surface area contributed by atoms with E-state index in [2.05, 4.69) is 41.5 Å². The summed E-state index contributed by atoms with van der Waals surface area (Å²) < 4.78 is 5.57. The number of aliphatic carboxylic acids is 1. The average molecular weight is 477 g/mol. The van der Waals surface area contributed by atoms with Crippen molar-refractivity contribution in [3.05, 3.63) is 72.3 Å². The zero-order chi connectivity index (χ0) is 24.8. The maximum atomic E-state index is 12.8. The second kappa shape index (κ2) is 11.2. The molecule has 35 heavy (non-hydrogen) atoms. The van der Waals surface area contributed by atoms with Gasteiger partial charge in [-0.2, -0.15) is 0 Å². The van der Waals surface area contributed by atoms with Crippen molar-refractivity contribution in [2.45, 2.75) is 44.1 Å². The van der Waals surface area contributed by atoms with Gasteiger partial charge in [0.05, 0.1) is 5.92 Å². The molecule has 184 valence electrons. The lowest BCUT2D eigenvalue weighted by molar-refractivity contribution is -0.143. The van der Waals surface area contributed by atoms with Crippen molar-refractivity contribution in [3.8, 4) is 11.1 Å². The number of carboxylic acid groups (broad SMARTS) is 1. The van der Waals surface area contributed by atoms with Crippen molar-refractivity contribution >= 4 is 18.0 Å². The van der Waals surface area contributed by atoms with Crippen LogP contribution >= 0.6 is 0 Å². The van der Waals surface area contributed by atoms with Crippen LogP contribution < -0.4 is 10.6 Å². The third-order valence-electron chi connectivity index (χ3n) is 7.05. The van der Waals surface area contributed by atoms with Crippen molar-refractivity contribution in [1.82, 2.24) is 10.6 Å². The second-order valence-electron chi connectivity index (χ2n) is 9.36. The van der Waals surface area contributed by atoms with Gasteiger partial charge in [-0.1, -0.05) is 61.0 Å². The second-order valence-corrected chi connectivity index (χ2v) is 9.36. The Kier molecular flexibility index (Phi) is 7.85. The van der Waals surface area contributed by atoms with E-state index < -0.39 is 18.1 Å². The first-order valence-electron chi connectivity index (χ1n) is 12.2. The van der Waals surface area contributed by atoms with Crippen molar-refractivity contribution in [2.75, 3.05) is 13.2 Å².